The lowest BCUT2D eigenvalue weighted by Gasteiger charge is -2.33. The zero-order valence-electron chi connectivity index (χ0n) is 14.4. The molecule has 0 radical (unpaired) electrons. The Hall–Kier alpha value is -2.18. The molecule has 2 aromatic rings. The van der Waals surface area contributed by atoms with Crippen LogP contribution in [0.1, 0.15) is 66.8 Å². The van der Waals surface area contributed by atoms with Crippen LogP contribution in [0.4, 0.5) is 0 Å². The molecule has 0 N–H and O–H groups in total. The van der Waals surface area contributed by atoms with Crippen LogP contribution in [0.2, 0.25) is 0 Å². The molecule has 0 unspecified atom stereocenters. The van der Waals surface area contributed by atoms with Crippen molar-refractivity contribution in [1.29, 1.82) is 0 Å². The summed E-state index contributed by atoms with van der Waals surface area (Å²) in [6.45, 7) is 7.29. The number of carbonyl (C=O) groups is 1. The van der Waals surface area contributed by atoms with Gasteiger partial charge < -0.3 is 9.42 Å². The van der Waals surface area contributed by atoms with E-state index in [1.807, 2.05) is 30.4 Å². The summed E-state index contributed by atoms with van der Waals surface area (Å²) in [5.74, 6) is 3.39. The van der Waals surface area contributed by atoms with Gasteiger partial charge in [-0.15, -0.1) is 0 Å². The predicted molar refractivity (Wildman–Crippen MR) is 86.4 cm³/mol. The minimum atomic E-state index is -0.0177. The van der Waals surface area contributed by atoms with E-state index in [0.29, 0.717) is 25.3 Å². The summed E-state index contributed by atoms with van der Waals surface area (Å²) in [6.07, 6.45) is 3.52. The van der Waals surface area contributed by atoms with Crippen LogP contribution in [-0.4, -0.2) is 37.3 Å². The topological polar surface area (TPSA) is 77.0 Å². The highest BCUT2D eigenvalue weighted by molar-refractivity contribution is 5.77. The van der Waals surface area contributed by atoms with Crippen molar-refractivity contribution in [3.05, 3.63) is 28.7 Å². The molecular weight excluding hydrogens is 306 g/mol. The van der Waals surface area contributed by atoms with Crippen molar-refractivity contribution < 1.29 is 9.32 Å². The third-order valence-corrected chi connectivity index (χ3v) is 5.14. The molecule has 2 aromatic heterocycles. The van der Waals surface area contributed by atoms with Gasteiger partial charge in [-0.3, -0.25) is 4.79 Å². The number of nitrogens with zero attached hydrogens (tertiary/aromatic N) is 5. The first-order valence-corrected chi connectivity index (χ1v) is 8.70. The monoisotopic (exact) mass is 329 g/mol. The molecule has 7 nitrogen and oxygen atoms in total. The standard InChI is InChI=1S/C17H23N5O2/c1-10-14(12(3)24-20-10)6-7-15(23)21-8-9-22-17(11(21)2)18-16(19-22)13-4-5-13/h11,13H,4-9H2,1-3H3/t11-/m1/s1. The summed E-state index contributed by atoms with van der Waals surface area (Å²) < 4.78 is 7.16. The molecule has 0 aromatic carbocycles. The van der Waals surface area contributed by atoms with E-state index in [4.69, 9.17) is 9.51 Å². The Morgan fingerprint density at radius 3 is 2.75 bits per heavy atom. The fourth-order valence-electron chi connectivity index (χ4n) is 3.47. The van der Waals surface area contributed by atoms with E-state index in [2.05, 4.69) is 10.3 Å². The Kier molecular flexibility index (Phi) is 3.66. The van der Waals surface area contributed by atoms with Gasteiger partial charge >= 0.3 is 0 Å². The normalized spacial score (nSPS) is 20.3. The summed E-state index contributed by atoms with van der Waals surface area (Å²) in [6, 6.07) is -0.0177. The Bertz CT molecular complexity index is 755. The van der Waals surface area contributed by atoms with Crippen LogP contribution in [0.5, 0.6) is 0 Å². The van der Waals surface area contributed by atoms with Gasteiger partial charge in [0.25, 0.3) is 0 Å². The van der Waals surface area contributed by atoms with Crippen LogP contribution in [0.25, 0.3) is 0 Å². The summed E-state index contributed by atoms with van der Waals surface area (Å²) in [7, 11) is 0. The van der Waals surface area contributed by atoms with Crippen molar-refractivity contribution in [1.82, 2.24) is 24.8 Å². The van der Waals surface area contributed by atoms with Crippen LogP contribution in [-0.2, 0) is 17.8 Å². The van der Waals surface area contributed by atoms with Crippen LogP contribution >= 0.6 is 0 Å². The van der Waals surface area contributed by atoms with E-state index in [0.717, 1.165) is 35.2 Å². The second-order valence-electron chi connectivity index (χ2n) is 6.89. The highest BCUT2D eigenvalue weighted by atomic mass is 16.5. The number of amides is 1. The molecule has 0 saturated heterocycles. The Labute approximate surface area is 141 Å². The molecule has 3 heterocycles. The lowest BCUT2D eigenvalue weighted by Crippen LogP contribution is -2.41. The van der Waals surface area contributed by atoms with Gasteiger partial charge in [0.05, 0.1) is 18.3 Å². The molecule has 128 valence electrons. The van der Waals surface area contributed by atoms with E-state index in [1.165, 1.54) is 12.8 Å². The van der Waals surface area contributed by atoms with Gasteiger partial charge in [-0.2, -0.15) is 5.10 Å². The molecule has 24 heavy (non-hydrogen) atoms. The number of aryl methyl sites for hydroxylation is 2. The highest BCUT2D eigenvalue weighted by Crippen LogP contribution is 2.39. The molecule has 4 rings (SSSR count). The maximum absolute atomic E-state index is 12.7. The van der Waals surface area contributed by atoms with E-state index in [1.54, 1.807) is 0 Å². The maximum Gasteiger partial charge on any atom is 0.223 e. The van der Waals surface area contributed by atoms with Gasteiger partial charge in [0.2, 0.25) is 5.91 Å². The second-order valence-corrected chi connectivity index (χ2v) is 6.89. The summed E-state index contributed by atoms with van der Waals surface area (Å²) >= 11 is 0. The van der Waals surface area contributed by atoms with Crippen molar-refractivity contribution in [3.8, 4) is 0 Å². The van der Waals surface area contributed by atoms with Gasteiger partial charge in [0.1, 0.15) is 11.6 Å². The lowest BCUT2D eigenvalue weighted by atomic mass is 10.1. The first kappa shape index (κ1) is 15.4. The van der Waals surface area contributed by atoms with Gasteiger partial charge in [0.15, 0.2) is 5.82 Å². The summed E-state index contributed by atoms with van der Waals surface area (Å²) in [4.78, 5) is 19.3. The Morgan fingerprint density at radius 1 is 1.29 bits per heavy atom. The predicted octanol–water partition coefficient (Wildman–Crippen LogP) is 2.30. The smallest absolute Gasteiger partial charge is 0.223 e. The number of hydrogen-bond acceptors (Lipinski definition) is 5. The number of rotatable bonds is 4. The van der Waals surface area contributed by atoms with Gasteiger partial charge in [0, 0.05) is 24.4 Å². The Morgan fingerprint density at radius 2 is 2.08 bits per heavy atom. The van der Waals surface area contributed by atoms with Crippen molar-refractivity contribution >= 4 is 5.91 Å². The van der Waals surface area contributed by atoms with E-state index in [9.17, 15) is 4.79 Å². The molecule has 2 aliphatic rings. The van der Waals surface area contributed by atoms with Crippen molar-refractivity contribution in [3.63, 3.8) is 0 Å². The summed E-state index contributed by atoms with van der Waals surface area (Å²) in [5.41, 5.74) is 1.92. The van der Waals surface area contributed by atoms with Crippen molar-refractivity contribution in [2.24, 2.45) is 0 Å². The quantitative estimate of drug-likeness (QED) is 0.860. The zero-order valence-corrected chi connectivity index (χ0v) is 14.4. The van der Waals surface area contributed by atoms with Crippen LogP contribution in [0.3, 0.4) is 0 Å². The van der Waals surface area contributed by atoms with Crippen LogP contribution < -0.4 is 0 Å². The van der Waals surface area contributed by atoms with Crippen molar-refractivity contribution in [2.45, 2.75) is 65.0 Å². The molecule has 1 saturated carbocycles. The molecule has 7 heteroatoms. The van der Waals surface area contributed by atoms with Gasteiger partial charge in [-0.25, -0.2) is 9.67 Å². The highest BCUT2D eigenvalue weighted by Gasteiger charge is 2.34. The average molecular weight is 329 g/mol. The SMILES string of the molecule is Cc1noc(C)c1CCC(=O)N1CCn2nc(C3CC3)nc2[C@H]1C. The van der Waals surface area contributed by atoms with E-state index in [-0.39, 0.29) is 11.9 Å². The fraction of sp³-hybridized carbons (Fsp3) is 0.647. The molecule has 1 atom stereocenters. The van der Waals surface area contributed by atoms with Gasteiger partial charge in [-0.05, 0) is 40.0 Å². The third-order valence-electron chi connectivity index (χ3n) is 5.14. The average Bonchev–Trinajstić information content (AvgIpc) is 3.24. The molecule has 0 bridgehead atoms. The van der Waals surface area contributed by atoms with Crippen LogP contribution in [0.15, 0.2) is 4.52 Å². The van der Waals surface area contributed by atoms with Crippen LogP contribution in [0, 0.1) is 13.8 Å². The summed E-state index contributed by atoms with van der Waals surface area (Å²) in [5, 5.41) is 8.57. The van der Waals surface area contributed by atoms with E-state index >= 15 is 0 Å². The minimum Gasteiger partial charge on any atom is -0.361 e. The number of aromatic nitrogens is 4. The van der Waals surface area contributed by atoms with E-state index < -0.39 is 0 Å². The first-order chi connectivity index (χ1) is 11.5. The largest absolute Gasteiger partial charge is 0.361 e. The molecule has 0 spiro atoms. The minimum absolute atomic E-state index is 0.0177. The zero-order chi connectivity index (χ0) is 16.8. The van der Waals surface area contributed by atoms with Gasteiger partial charge in [-0.1, -0.05) is 5.16 Å². The lowest BCUT2D eigenvalue weighted by molar-refractivity contribution is -0.134. The van der Waals surface area contributed by atoms with Crippen molar-refractivity contribution in [2.75, 3.05) is 6.54 Å². The molecule has 1 amide bonds. The molecule has 1 fully saturated rings. The number of fused-ring (bicyclic) bond motifs is 1. The molecule has 1 aliphatic heterocycles. The fourth-order valence-corrected chi connectivity index (χ4v) is 3.47. The Balaban J connectivity index is 1.45. The third kappa shape index (κ3) is 2.61. The second kappa shape index (κ2) is 5.72. The number of hydrogen-bond donors (Lipinski definition) is 0. The molecule has 1 aliphatic carbocycles. The first-order valence-electron chi connectivity index (χ1n) is 8.70. The molecular formula is C17H23N5O2. The maximum atomic E-state index is 12.7. The number of carbonyl (C=O) groups excluding carboxylic acids is 1.